The number of hydrogen-bond acceptors (Lipinski definition) is 8. The minimum Gasteiger partial charge on any atom is -0.381 e. The quantitative estimate of drug-likeness (QED) is 0.215. The molecule has 1 fully saturated rings. The van der Waals surface area contributed by atoms with Crippen LogP contribution in [-0.2, 0) is 11.3 Å². The van der Waals surface area contributed by atoms with Crippen LogP contribution in [0, 0.1) is 0 Å². The fourth-order valence-corrected chi connectivity index (χ4v) is 5.78. The molecule has 0 aliphatic carbocycles. The number of ether oxygens (including phenoxy) is 1. The number of fused-ring (bicyclic) bond motifs is 1. The van der Waals surface area contributed by atoms with Crippen LogP contribution in [-0.4, -0.2) is 45.7 Å². The number of anilines is 4. The van der Waals surface area contributed by atoms with Crippen LogP contribution in [0.1, 0.15) is 5.56 Å². The van der Waals surface area contributed by atoms with Crippen molar-refractivity contribution in [2.45, 2.75) is 6.54 Å². The van der Waals surface area contributed by atoms with Crippen LogP contribution < -0.4 is 15.5 Å². The van der Waals surface area contributed by atoms with E-state index in [1.165, 1.54) is 11.3 Å². The van der Waals surface area contributed by atoms with Gasteiger partial charge >= 0.3 is 0 Å². The van der Waals surface area contributed by atoms with Gasteiger partial charge < -0.3 is 20.3 Å². The molecular weight excluding hydrogens is 530 g/mol. The fraction of sp³-hybridized carbons (Fsp3) is 0.156. The molecule has 3 aromatic heterocycles. The maximum Gasteiger partial charge on any atom is 0.227 e. The van der Waals surface area contributed by atoms with E-state index in [1.807, 2.05) is 23.7 Å². The van der Waals surface area contributed by atoms with E-state index in [-0.39, 0.29) is 0 Å². The van der Waals surface area contributed by atoms with E-state index in [2.05, 4.69) is 97.7 Å². The summed E-state index contributed by atoms with van der Waals surface area (Å²) in [4.78, 5) is 17.7. The summed E-state index contributed by atoms with van der Waals surface area (Å²) in [5.41, 5.74) is 8.06. The maximum atomic E-state index is 5.48. The molecule has 0 spiro atoms. The van der Waals surface area contributed by atoms with Crippen molar-refractivity contribution in [1.82, 2.24) is 19.4 Å². The van der Waals surface area contributed by atoms with E-state index in [4.69, 9.17) is 14.7 Å². The van der Waals surface area contributed by atoms with E-state index in [0.29, 0.717) is 5.95 Å². The summed E-state index contributed by atoms with van der Waals surface area (Å²) in [5.74, 6) is 0.538. The van der Waals surface area contributed by atoms with Crippen LogP contribution in [0.25, 0.3) is 27.6 Å². The Morgan fingerprint density at radius 2 is 1.71 bits per heavy atom. The van der Waals surface area contributed by atoms with Crippen molar-refractivity contribution in [1.29, 1.82) is 0 Å². The van der Waals surface area contributed by atoms with Crippen molar-refractivity contribution in [2.24, 2.45) is 0 Å². The van der Waals surface area contributed by atoms with Crippen molar-refractivity contribution in [3.63, 3.8) is 0 Å². The third-order valence-corrected chi connectivity index (χ3v) is 7.89. The van der Waals surface area contributed by atoms with Gasteiger partial charge in [-0.2, -0.15) is 0 Å². The van der Waals surface area contributed by atoms with Gasteiger partial charge in [0.25, 0.3) is 0 Å². The van der Waals surface area contributed by atoms with E-state index < -0.39 is 0 Å². The van der Waals surface area contributed by atoms with Gasteiger partial charge in [0.05, 0.1) is 24.6 Å². The molecule has 4 heterocycles. The summed E-state index contributed by atoms with van der Waals surface area (Å²) >= 11 is 1.61. The van der Waals surface area contributed by atoms with Gasteiger partial charge in [-0.3, -0.25) is 4.40 Å². The zero-order chi connectivity index (χ0) is 27.4. The molecule has 204 valence electrons. The van der Waals surface area contributed by atoms with Crippen LogP contribution in [0.2, 0.25) is 0 Å². The van der Waals surface area contributed by atoms with Crippen LogP contribution in [0.3, 0.4) is 0 Å². The molecule has 0 amide bonds. The second-order valence-electron chi connectivity index (χ2n) is 9.82. The molecule has 1 saturated heterocycles. The summed E-state index contributed by atoms with van der Waals surface area (Å²) in [6.45, 7) is 4.11. The van der Waals surface area contributed by atoms with Crippen molar-refractivity contribution < 1.29 is 4.74 Å². The van der Waals surface area contributed by atoms with E-state index >= 15 is 0 Å². The monoisotopic (exact) mass is 559 g/mol. The topological polar surface area (TPSA) is 79.6 Å². The summed E-state index contributed by atoms with van der Waals surface area (Å²) in [6, 6.07) is 29.1. The molecule has 6 aromatic rings. The van der Waals surface area contributed by atoms with Gasteiger partial charge in [0, 0.05) is 60.0 Å². The smallest absolute Gasteiger partial charge is 0.227 e. The molecule has 0 bridgehead atoms. The number of rotatable bonds is 8. The van der Waals surface area contributed by atoms with E-state index in [1.54, 1.807) is 17.5 Å². The number of hydrogen-bond donors (Lipinski definition) is 2. The minimum atomic E-state index is 0.538. The highest BCUT2D eigenvalue weighted by molar-refractivity contribution is 7.15. The molecule has 9 heteroatoms. The zero-order valence-corrected chi connectivity index (χ0v) is 23.2. The van der Waals surface area contributed by atoms with Crippen LogP contribution in [0.5, 0.6) is 0 Å². The Bertz CT molecular complexity index is 1760. The first-order chi connectivity index (χ1) is 20.3. The summed E-state index contributed by atoms with van der Waals surface area (Å²) in [5, 5.41) is 8.96. The Balaban J connectivity index is 1.16. The molecule has 1 aliphatic rings. The molecular formula is C32H29N7OS. The molecule has 0 saturated carbocycles. The lowest BCUT2D eigenvalue weighted by molar-refractivity contribution is 0.122. The third-order valence-electron chi connectivity index (χ3n) is 7.14. The van der Waals surface area contributed by atoms with Gasteiger partial charge in [-0.1, -0.05) is 42.5 Å². The van der Waals surface area contributed by atoms with Crippen molar-refractivity contribution in [3.8, 4) is 22.6 Å². The predicted molar refractivity (Wildman–Crippen MR) is 166 cm³/mol. The average molecular weight is 560 g/mol. The molecule has 2 N–H and O–H groups in total. The second kappa shape index (κ2) is 11.4. The third kappa shape index (κ3) is 5.50. The van der Waals surface area contributed by atoms with Gasteiger partial charge in [0.2, 0.25) is 5.95 Å². The number of imidazole rings is 1. The number of nitrogens with one attached hydrogen (secondary N) is 2. The lowest BCUT2D eigenvalue weighted by Gasteiger charge is -2.28. The van der Waals surface area contributed by atoms with Gasteiger partial charge in [0.1, 0.15) is 5.69 Å². The highest BCUT2D eigenvalue weighted by Gasteiger charge is 2.19. The fourth-order valence-electron chi connectivity index (χ4n) is 5.07. The molecule has 8 nitrogen and oxygen atoms in total. The predicted octanol–water partition coefficient (Wildman–Crippen LogP) is 6.71. The number of benzene rings is 3. The van der Waals surface area contributed by atoms with E-state index in [0.717, 1.165) is 71.8 Å². The number of nitrogens with zero attached hydrogens (tertiary/aromatic N) is 5. The lowest BCUT2D eigenvalue weighted by atomic mass is 10.1. The second-order valence-corrected chi connectivity index (χ2v) is 10.7. The Morgan fingerprint density at radius 3 is 2.56 bits per heavy atom. The molecule has 3 aromatic carbocycles. The lowest BCUT2D eigenvalue weighted by Crippen LogP contribution is -2.36. The van der Waals surface area contributed by atoms with Crippen LogP contribution in [0.4, 0.5) is 23.0 Å². The van der Waals surface area contributed by atoms with Gasteiger partial charge in [0.15, 0.2) is 4.96 Å². The van der Waals surface area contributed by atoms with E-state index in [9.17, 15) is 0 Å². The van der Waals surface area contributed by atoms with Gasteiger partial charge in [-0.25, -0.2) is 15.0 Å². The largest absolute Gasteiger partial charge is 0.381 e. The first kappa shape index (κ1) is 25.3. The van der Waals surface area contributed by atoms with Gasteiger partial charge in [-0.15, -0.1) is 11.3 Å². The standard InChI is InChI=1S/C32H29N7OS/c1-2-5-23(6-3-1)22-34-26-8-4-7-24(21-26)29-30(39-17-20-41-32(39)37-29)28-13-14-33-31(36-28)35-25-9-11-27(12-10-25)38-15-18-40-19-16-38/h1-14,17,20-21,34H,15-16,18-19,22H2,(H,33,35,36). The zero-order valence-electron chi connectivity index (χ0n) is 22.4. The van der Waals surface area contributed by atoms with Crippen molar-refractivity contribution >= 4 is 39.3 Å². The summed E-state index contributed by atoms with van der Waals surface area (Å²) < 4.78 is 7.58. The first-order valence-electron chi connectivity index (χ1n) is 13.7. The van der Waals surface area contributed by atoms with Crippen LogP contribution >= 0.6 is 11.3 Å². The Kier molecular flexibility index (Phi) is 7.02. The van der Waals surface area contributed by atoms with Gasteiger partial charge in [-0.05, 0) is 48.0 Å². The highest BCUT2D eigenvalue weighted by atomic mass is 32.1. The Hall–Kier alpha value is -4.73. The van der Waals surface area contributed by atoms with Crippen LogP contribution in [0.15, 0.2) is 103 Å². The molecule has 7 rings (SSSR count). The Morgan fingerprint density at radius 1 is 0.854 bits per heavy atom. The molecule has 0 unspecified atom stereocenters. The average Bonchev–Trinajstić information content (AvgIpc) is 3.64. The summed E-state index contributed by atoms with van der Waals surface area (Å²) in [7, 11) is 0. The van der Waals surface area contributed by atoms with Crippen molar-refractivity contribution in [3.05, 3.63) is 108 Å². The molecule has 1 aliphatic heterocycles. The SMILES string of the molecule is c1ccc(CNc2cccc(-c3nc4sccn4c3-c3ccnc(Nc4ccc(N5CCOCC5)cc4)n3)c2)cc1. The highest BCUT2D eigenvalue weighted by Crippen LogP contribution is 2.35. The normalized spacial score (nSPS) is 13.4. The number of aromatic nitrogens is 4. The van der Waals surface area contributed by atoms with Crippen molar-refractivity contribution in [2.75, 3.05) is 41.8 Å². The molecule has 0 radical (unpaired) electrons. The number of morpholine rings is 1. The first-order valence-corrected chi connectivity index (χ1v) is 14.6. The molecule has 41 heavy (non-hydrogen) atoms. The number of thiazole rings is 1. The Labute approximate surface area is 242 Å². The summed E-state index contributed by atoms with van der Waals surface area (Å²) in [6.07, 6.45) is 3.84. The minimum absolute atomic E-state index is 0.538. The molecule has 0 atom stereocenters. The maximum absolute atomic E-state index is 5.48.